The Labute approximate surface area is 123 Å². The molecule has 21 heavy (non-hydrogen) atoms. The summed E-state index contributed by atoms with van der Waals surface area (Å²) in [4.78, 5) is 13.4. The lowest BCUT2D eigenvalue weighted by atomic mass is 9.88. The first-order valence-corrected chi connectivity index (χ1v) is 7.15. The van der Waals surface area contributed by atoms with E-state index in [1.54, 1.807) is 27.7 Å². The number of nitrogens with zero attached hydrogens (tertiary/aromatic N) is 1. The molecule has 1 heterocycles. The van der Waals surface area contributed by atoms with Gasteiger partial charge in [-0.15, -0.1) is 0 Å². The average Bonchev–Trinajstić information content (AvgIpc) is 2.34. The maximum atomic E-state index is 12.3. The van der Waals surface area contributed by atoms with Gasteiger partial charge >= 0.3 is 12.3 Å². The van der Waals surface area contributed by atoms with Gasteiger partial charge in [-0.25, -0.2) is 4.79 Å². The normalized spacial score (nSPS) is 19.5. The number of carbonyl (C=O) groups is 1. The maximum Gasteiger partial charge on any atom is 0.411 e. The highest BCUT2D eigenvalue weighted by atomic mass is 19.4. The molecule has 1 amide bonds. The molecule has 1 rings (SSSR count). The summed E-state index contributed by atoms with van der Waals surface area (Å²) < 4.78 is 47.3. The van der Waals surface area contributed by atoms with E-state index in [4.69, 9.17) is 9.47 Å². The van der Waals surface area contributed by atoms with Gasteiger partial charge in [0, 0.05) is 13.1 Å². The molecule has 0 bridgehead atoms. The lowest BCUT2D eigenvalue weighted by Gasteiger charge is -2.41. The predicted molar refractivity (Wildman–Crippen MR) is 72.1 cm³/mol. The lowest BCUT2D eigenvalue weighted by Crippen LogP contribution is -2.49. The molecule has 4 nitrogen and oxygen atoms in total. The second-order valence-electron chi connectivity index (χ2n) is 6.41. The molecule has 1 fully saturated rings. The molecule has 0 unspecified atom stereocenters. The van der Waals surface area contributed by atoms with Crippen molar-refractivity contribution in [3.05, 3.63) is 0 Å². The molecule has 0 aromatic carbocycles. The van der Waals surface area contributed by atoms with Crippen molar-refractivity contribution in [1.82, 2.24) is 4.90 Å². The number of hydrogen-bond acceptors (Lipinski definition) is 3. The highest BCUT2D eigenvalue weighted by molar-refractivity contribution is 5.68. The highest BCUT2D eigenvalue weighted by Crippen LogP contribution is 2.32. The second kappa shape index (κ2) is 6.42. The van der Waals surface area contributed by atoms with E-state index in [2.05, 4.69) is 0 Å². The van der Waals surface area contributed by atoms with Gasteiger partial charge in [0.2, 0.25) is 0 Å². The van der Waals surface area contributed by atoms with Crippen molar-refractivity contribution in [2.24, 2.45) is 0 Å². The summed E-state index contributed by atoms with van der Waals surface area (Å²) in [5.74, 6) is 0. The van der Waals surface area contributed by atoms with Gasteiger partial charge in [0.25, 0.3) is 0 Å². The number of amides is 1. The van der Waals surface area contributed by atoms with Crippen molar-refractivity contribution in [2.75, 3.05) is 19.7 Å². The summed E-state index contributed by atoms with van der Waals surface area (Å²) in [7, 11) is 0. The number of likely N-dealkylation sites (tertiary alicyclic amines) is 1. The van der Waals surface area contributed by atoms with Gasteiger partial charge in [0.05, 0.1) is 5.60 Å². The summed E-state index contributed by atoms with van der Waals surface area (Å²) in [6.45, 7) is 6.58. The Morgan fingerprint density at radius 3 is 2.10 bits per heavy atom. The maximum absolute atomic E-state index is 12.3. The predicted octanol–water partition coefficient (Wildman–Crippen LogP) is 3.75. The minimum Gasteiger partial charge on any atom is -0.444 e. The van der Waals surface area contributed by atoms with Crippen molar-refractivity contribution in [3.8, 4) is 0 Å². The van der Waals surface area contributed by atoms with Crippen molar-refractivity contribution < 1.29 is 27.4 Å². The van der Waals surface area contributed by atoms with E-state index in [-0.39, 0.29) is 0 Å². The van der Waals surface area contributed by atoms with E-state index in [1.807, 2.05) is 0 Å². The third-order valence-corrected chi connectivity index (χ3v) is 3.51. The third kappa shape index (κ3) is 6.11. The number of halogens is 3. The molecule has 0 aliphatic carbocycles. The fourth-order valence-electron chi connectivity index (χ4n) is 2.26. The Morgan fingerprint density at radius 1 is 1.19 bits per heavy atom. The summed E-state index contributed by atoms with van der Waals surface area (Å²) in [5.41, 5.74) is -1.38. The largest absolute Gasteiger partial charge is 0.444 e. The Hall–Kier alpha value is -0.980. The minimum absolute atomic E-state index is 0.348. The molecule has 124 valence electrons. The molecule has 1 saturated heterocycles. The monoisotopic (exact) mass is 311 g/mol. The van der Waals surface area contributed by atoms with Crippen LogP contribution in [0.25, 0.3) is 0 Å². The highest BCUT2D eigenvalue weighted by Gasteiger charge is 2.40. The third-order valence-electron chi connectivity index (χ3n) is 3.51. The van der Waals surface area contributed by atoms with E-state index in [0.717, 1.165) is 0 Å². The summed E-state index contributed by atoms with van der Waals surface area (Å²) in [6, 6.07) is 0. The van der Waals surface area contributed by atoms with Crippen LogP contribution in [0.1, 0.15) is 47.0 Å². The second-order valence-corrected chi connectivity index (χ2v) is 6.41. The SMILES string of the molecule is CCC1(OCC(F)(F)F)CCN(C(=O)OC(C)(C)C)CC1. The Morgan fingerprint density at radius 2 is 1.71 bits per heavy atom. The zero-order valence-corrected chi connectivity index (χ0v) is 13.0. The lowest BCUT2D eigenvalue weighted by molar-refractivity contribution is -0.213. The van der Waals surface area contributed by atoms with Crippen LogP contribution in [0.2, 0.25) is 0 Å². The Bertz CT molecular complexity index is 355. The van der Waals surface area contributed by atoms with Gasteiger partial charge in [0.1, 0.15) is 12.2 Å². The first kappa shape index (κ1) is 18.1. The molecule has 0 spiro atoms. The zero-order valence-electron chi connectivity index (χ0n) is 13.0. The van der Waals surface area contributed by atoms with Crippen molar-refractivity contribution >= 4 is 6.09 Å². The molecular formula is C14H24F3NO3. The van der Waals surface area contributed by atoms with Crippen molar-refractivity contribution in [3.63, 3.8) is 0 Å². The van der Waals surface area contributed by atoms with E-state index in [1.165, 1.54) is 4.90 Å². The molecule has 0 aromatic heterocycles. The zero-order chi connectivity index (χ0) is 16.3. The average molecular weight is 311 g/mol. The van der Waals surface area contributed by atoms with Crippen LogP contribution in [0.5, 0.6) is 0 Å². The first-order valence-electron chi connectivity index (χ1n) is 7.15. The molecule has 1 aliphatic heterocycles. The van der Waals surface area contributed by atoms with Crippen molar-refractivity contribution in [1.29, 1.82) is 0 Å². The van der Waals surface area contributed by atoms with E-state index < -0.39 is 30.1 Å². The van der Waals surface area contributed by atoms with Crippen LogP contribution in [0.15, 0.2) is 0 Å². The number of alkyl halides is 3. The van der Waals surface area contributed by atoms with Gasteiger partial charge in [-0.2, -0.15) is 13.2 Å². The van der Waals surface area contributed by atoms with Crippen LogP contribution in [0.3, 0.4) is 0 Å². The summed E-state index contributed by atoms with van der Waals surface area (Å²) >= 11 is 0. The quantitative estimate of drug-likeness (QED) is 0.797. The van der Waals surface area contributed by atoms with Crippen LogP contribution in [-0.2, 0) is 9.47 Å². The van der Waals surface area contributed by atoms with Gasteiger partial charge in [0.15, 0.2) is 0 Å². The fourth-order valence-corrected chi connectivity index (χ4v) is 2.26. The van der Waals surface area contributed by atoms with Crippen LogP contribution in [0, 0.1) is 0 Å². The van der Waals surface area contributed by atoms with Crippen molar-refractivity contribution in [2.45, 2.75) is 64.3 Å². The molecule has 0 N–H and O–H groups in total. The Balaban J connectivity index is 2.54. The van der Waals surface area contributed by atoms with E-state index in [9.17, 15) is 18.0 Å². The fraction of sp³-hybridized carbons (Fsp3) is 0.929. The molecular weight excluding hydrogens is 287 g/mol. The Kier molecular flexibility index (Phi) is 5.52. The molecule has 7 heteroatoms. The summed E-state index contributed by atoms with van der Waals surface area (Å²) in [5, 5.41) is 0. The number of rotatable bonds is 3. The smallest absolute Gasteiger partial charge is 0.411 e. The van der Waals surface area contributed by atoms with Crippen LogP contribution >= 0.6 is 0 Å². The summed E-state index contributed by atoms with van der Waals surface area (Å²) in [6.07, 6.45) is -3.49. The number of carbonyl (C=O) groups excluding carboxylic acids is 1. The van der Waals surface area contributed by atoms with Crippen LogP contribution in [0.4, 0.5) is 18.0 Å². The molecule has 0 radical (unpaired) electrons. The number of hydrogen-bond donors (Lipinski definition) is 0. The topological polar surface area (TPSA) is 38.8 Å². The molecule has 0 atom stereocenters. The first-order chi connectivity index (χ1) is 9.46. The van der Waals surface area contributed by atoms with E-state index in [0.29, 0.717) is 32.4 Å². The number of piperidine rings is 1. The molecule has 0 saturated carbocycles. The van der Waals surface area contributed by atoms with Gasteiger partial charge in [-0.3, -0.25) is 0 Å². The molecule has 1 aliphatic rings. The van der Waals surface area contributed by atoms with Crippen LogP contribution in [-0.4, -0.2) is 48.1 Å². The van der Waals surface area contributed by atoms with Crippen LogP contribution < -0.4 is 0 Å². The van der Waals surface area contributed by atoms with Gasteiger partial charge in [-0.05, 0) is 40.0 Å². The minimum atomic E-state index is -4.33. The standard InChI is InChI=1S/C14H24F3NO3/c1-5-13(20-10-14(15,16)17)6-8-18(9-7-13)11(19)21-12(2,3)4/h5-10H2,1-4H3. The molecule has 0 aromatic rings. The van der Waals surface area contributed by atoms with E-state index >= 15 is 0 Å². The van der Waals surface area contributed by atoms with Gasteiger partial charge < -0.3 is 14.4 Å². The van der Waals surface area contributed by atoms with Gasteiger partial charge in [-0.1, -0.05) is 6.92 Å². The number of ether oxygens (including phenoxy) is 2.